The van der Waals surface area contributed by atoms with Gasteiger partial charge in [-0.15, -0.1) is 0 Å². The third-order valence-corrected chi connectivity index (χ3v) is 4.44. The zero-order valence-corrected chi connectivity index (χ0v) is 15.7. The molecule has 3 N–H and O–H groups in total. The predicted octanol–water partition coefficient (Wildman–Crippen LogP) is 3.53. The van der Waals surface area contributed by atoms with Crippen molar-refractivity contribution >= 4 is 29.2 Å². The van der Waals surface area contributed by atoms with E-state index in [0.29, 0.717) is 49.9 Å². The Balaban J connectivity index is 1.53. The van der Waals surface area contributed by atoms with E-state index in [1.165, 1.54) is 4.90 Å². The molecule has 0 aromatic heterocycles. The molecule has 2 aromatic rings. The fraction of sp³-hybridized carbons (Fsp3) is 0.300. The van der Waals surface area contributed by atoms with Crippen LogP contribution in [0.4, 0.5) is 26.7 Å². The van der Waals surface area contributed by atoms with E-state index in [2.05, 4.69) is 15.5 Å². The molecule has 28 heavy (non-hydrogen) atoms. The predicted molar refractivity (Wildman–Crippen MR) is 109 cm³/mol. The van der Waals surface area contributed by atoms with E-state index in [1.54, 1.807) is 12.1 Å². The van der Waals surface area contributed by atoms with Crippen LogP contribution in [0.2, 0.25) is 0 Å². The molecule has 1 aliphatic heterocycles. The quantitative estimate of drug-likeness (QED) is 0.733. The van der Waals surface area contributed by atoms with Crippen molar-refractivity contribution in [2.24, 2.45) is 0 Å². The minimum atomic E-state index is -0.878. The van der Waals surface area contributed by atoms with E-state index in [9.17, 15) is 9.59 Å². The molecule has 8 heteroatoms. The first-order valence-electron chi connectivity index (χ1n) is 9.19. The standard InChI is InChI=1S/C20H24N4O4/c1-2-28-18-5-3-4-16(14-18)22-19(25)21-15-6-8-17(9-7-15)23-10-12-24(13-11-23)20(26)27/h3-9,14H,2,10-13H2,1H3,(H,26,27)(H2,21,22,25). The van der Waals surface area contributed by atoms with Crippen molar-refractivity contribution in [2.45, 2.75) is 6.92 Å². The number of nitrogens with zero attached hydrogens (tertiary/aromatic N) is 2. The number of carbonyl (C=O) groups is 2. The minimum Gasteiger partial charge on any atom is -0.494 e. The second kappa shape index (κ2) is 8.98. The van der Waals surface area contributed by atoms with E-state index in [-0.39, 0.29) is 6.03 Å². The van der Waals surface area contributed by atoms with E-state index in [1.807, 2.05) is 43.3 Å². The molecule has 0 radical (unpaired) electrons. The smallest absolute Gasteiger partial charge is 0.407 e. The van der Waals surface area contributed by atoms with Gasteiger partial charge in [0.25, 0.3) is 0 Å². The van der Waals surface area contributed by atoms with Crippen LogP contribution in [0.15, 0.2) is 48.5 Å². The van der Waals surface area contributed by atoms with Gasteiger partial charge in [-0.1, -0.05) is 6.07 Å². The van der Waals surface area contributed by atoms with Gasteiger partial charge in [-0.25, -0.2) is 9.59 Å². The highest BCUT2D eigenvalue weighted by molar-refractivity contribution is 5.99. The van der Waals surface area contributed by atoms with Crippen molar-refractivity contribution in [1.29, 1.82) is 0 Å². The summed E-state index contributed by atoms with van der Waals surface area (Å²) in [4.78, 5) is 26.7. The SMILES string of the molecule is CCOc1cccc(NC(=O)Nc2ccc(N3CCN(C(=O)O)CC3)cc2)c1. The van der Waals surface area contributed by atoms with Gasteiger partial charge >= 0.3 is 12.1 Å². The van der Waals surface area contributed by atoms with E-state index >= 15 is 0 Å². The Bertz CT molecular complexity index is 817. The number of urea groups is 1. The van der Waals surface area contributed by atoms with Crippen molar-refractivity contribution in [3.8, 4) is 5.75 Å². The normalized spacial score (nSPS) is 13.8. The maximum atomic E-state index is 12.2. The second-order valence-corrected chi connectivity index (χ2v) is 6.34. The molecule has 8 nitrogen and oxygen atoms in total. The lowest BCUT2D eigenvalue weighted by Gasteiger charge is -2.34. The van der Waals surface area contributed by atoms with Gasteiger partial charge in [0.05, 0.1) is 6.61 Å². The number of benzene rings is 2. The zero-order valence-electron chi connectivity index (χ0n) is 15.7. The maximum absolute atomic E-state index is 12.2. The highest BCUT2D eigenvalue weighted by Gasteiger charge is 2.20. The van der Waals surface area contributed by atoms with Crippen molar-refractivity contribution < 1.29 is 19.4 Å². The van der Waals surface area contributed by atoms with Gasteiger partial charge in [0.15, 0.2) is 0 Å². The number of nitrogens with one attached hydrogen (secondary N) is 2. The van der Waals surface area contributed by atoms with Gasteiger partial charge < -0.3 is 30.3 Å². The highest BCUT2D eigenvalue weighted by Crippen LogP contribution is 2.21. The molecule has 3 amide bonds. The number of piperazine rings is 1. The van der Waals surface area contributed by atoms with Crippen molar-refractivity contribution in [2.75, 3.05) is 48.3 Å². The number of ether oxygens (including phenoxy) is 1. The Labute approximate surface area is 163 Å². The summed E-state index contributed by atoms with van der Waals surface area (Å²) < 4.78 is 5.42. The number of rotatable bonds is 5. The van der Waals surface area contributed by atoms with Crippen LogP contribution in [-0.4, -0.2) is 54.9 Å². The number of carboxylic acid groups (broad SMARTS) is 1. The molecule has 0 atom stereocenters. The molecule has 1 saturated heterocycles. The number of amides is 3. The van der Waals surface area contributed by atoms with E-state index in [0.717, 1.165) is 5.69 Å². The summed E-state index contributed by atoms with van der Waals surface area (Å²) in [5.41, 5.74) is 2.32. The molecule has 0 unspecified atom stereocenters. The topological polar surface area (TPSA) is 94.1 Å². The maximum Gasteiger partial charge on any atom is 0.407 e. The van der Waals surface area contributed by atoms with Crippen LogP contribution in [0.1, 0.15) is 6.92 Å². The first kappa shape index (κ1) is 19.3. The van der Waals surface area contributed by atoms with Crippen LogP contribution >= 0.6 is 0 Å². The molecular formula is C20H24N4O4. The lowest BCUT2D eigenvalue weighted by atomic mass is 10.2. The fourth-order valence-corrected chi connectivity index (χ4v) is 3.04. The van der Waals surface area contributed by atoms with E-state index in [4.69, 9.17) is 9.84 Å². The number of hydrogen-bond acceptors (Lipinski definition) is 4. The van der Waals surface area contributed by atoms with Crippen molar-refractivity contribution in [1.82, 2.24) is 4.90 Å². The van der Waals surface area contributed by atoms with Crippen LogP contribution in [0.25, 0.3) is 0 Å². The zero-order chi connectivity index (χ0) is 19.9. The molecule has 148 valence electrons. The monoisotopic (exact) mass is 384 g/mol. The molecule has 0 aliphatic carbocycles. The van der Waals surface area contributed by atoms with Gasteiger partial charge in [0.1, 0.15) is 5.75 Å². The molecule has 1 heterocycles. The molecule has 3 rings (SSSR count). The van der Waals surface area contributed by atoms with Crippen molar-refractivity contribution in [3.05, 3.63) is 48.5 Å². The third kappa shape index (κ3) is 5.06. The summed E-state index contributed by atoms with van der Waals surface area (Å²) in [6.45, 7) is 4.73. The summed E-state index contributed by atoms with van der Waals surface area (Å²) in [5.74, 6) is 0.702. The Morgan fingerprint density at radius 3 is 2.32 bits per heavy atom. The van der Waals surface area contributed by atoms with Gasteiger partial charge in [-0.05, 0) is 43.3 Å². The van der Waals surface area contributed by atoms with Crippen LogP contribution in [0.3, 0.4) is 0 Å². The first-order valence-corrected chi connectivity index (χ1v) is 9.19. The summed E-state index contributed by atoms with van der Waals surface area (Å²) in [6, 6.07) is 14.4. The van der Waals surface area contributed by atoms with Crippen LogP contribution < -0.4 is 20.3 Å². The molecule has 0 spiro atoms. The van der Waals surface area contributed by atoms with E-state index < -0.39 is 6.09 Å². The van der Waals surface area contributed by atoms with Gasteiger partial charge in [-0.2, -0.15) is 0 Å². The Morgan fingerprint density at radius 2 is 1.68 bits per heavy atom. The highest BCUT2D eigenvalue weighted by atomic mass is 16.5. The molecule has 0 saturated carbocycles. The molecule has 1 fully saturated rings. The number of hydrogen-bond donors (Lipinski definition) is 3. The fourth-order valence-electron chi connectivity index (χ4n) is 3.04. The van der Waals surface area contributed by atoms with Crippen LogP contribution in [0.5, 0.6) is 5.75 Å². The Morgan fingerprint density at radius 1 is 1.00 bits per heavy atom. The van der Waals surface area contributed by atoms with Gasteiger partial charge in [-0.3, -0.25) is 0 Å². The minimum absolute atomic E-state index is 0.337. The molecular weight excluding hydrogens is 360 g/mol. The average molecular weight is 384 g/mol. The summed E-state index contributed by atoms with van der Waals surface area (Å²) in [6.07, 6.45) is -0.878. The van der Waals surface area contributed by atoms with Gasteiger partial charge in [0.2, 0.25) is 0 Å². The average Bonchev–Trinajstić information content (AvgIpc) is 2.69. The largest absolute Gasteiger partial charge is 0.494 e. The summed E-state index contributed by atoms with van der Waals surface area (Å²) in [5, 5.41) is 14.6. The molecule has 1 aliphatic rings. The Kier molecular flexibility index (Phi) is 6.21. The van der Waals surface area contributed by atoms with Crippen molar-refractivity contribution in [3.63, 3.8) is 0 Å². The number of carbonyl (C=O) groups excluding carboxylic acids is 1. The summed E-state index contributed by atoms with van der Waals surface area (Å²) >= 11 is 0. The number of anilines is 3. The second-order valence-electron chi connectivity index (χ2n) is 6.34. The molecule has 0 bridgehead atoms. The third-order valence-electron chi connectivity index (χ3n) is 4.44. The van der Waals surface area contributed by atoms with Crippen LogP contribution in [-0.2, 0) is 0 Å². The lowest BCUT2D eigenvalue weighted by molar-refractivity contribution is 0.142. The lowest BCUT2D eigenvalue weighted by Crippen LogP contribution is -2.48. The first-order chi connectivity index (χ1) is 13.5. The Hall–Kier alpha value is -3.42. The summed E-state index contributed by atoms with van der Waals surface area (Å²) in [7, 11) is 0. The van der Waals surface area contributed by atoms with Gasteiger partial charge in [0, 0.05) is 49.3 Å². The molecule has 2 aromatic carbocycles. The van der Waals surface area contributed by atoms with Crippen LogP contribution in [0, 0.1) is 0 Å².